The summed E-state index contributed by atoms with van der Waals surface area (Å²) in [6.45, 7) is 3.32. The molecule has 0 aromatic carbocycles. The topological polar surface area (TPSA) is 67.2 Å². The summed E-state index contributed by atoms with van der Waals surface area (Å²) < 4.78 is 0. The van der Waals surface area contributed by atoms with E-state index in [1.165, 1.54) is 49.0 Å². The van der Waals surface area contributed by atoms with E-state index >= 15 is 0 Å². The Morgan fingerprint density at radius 1 is 1.45 bits per heavy atom. The number of hydrogen-bond acceptors (Lipinski definition) is 4. The number of nitrogens with two attached hydrogens (primary N) is 1. The van der Waals surface area contributed by atoms with Crippen LogP contribution in [0.3, 0.4) is 0 Å². The van der Waals surface area contributed by atoms with Crippen LogP contribution in [0.1, 0.15) is 60.2 Å². The van der Waals surface area contributed by atoms with Gasteiger partial charge in [-0.2, -0.15) is 0 Å². The smallest absolute Gasteiger partial charge is 0.263 e. The fraction of sp³-hybridized carbons (Fsp3) is 0.667. The van der Waals surface area contributed by atoms with Crippen LogP contribution in [0.25, 0.3) is 0 Å². The van der Waals surface area contributed by atoms with Gasteiger partial charge in [-0.05, 0) is 37.0 Å². The quantitative estimate of drug-likeness (QED) is 0.781. The monoisotopic (exact) mass is 293 g/mol. The lowest BCUT2D eigenvalue weighted by Crippen LogP contribution is -2.33. The average molecular weight is 293 g/mol. The van der Waals surface area contributed by atoms with Crippen molar-refractivity contribution in [2.24, 2.45) is 5.41 Å². The summed E-state index contributed by atoms with van der Waals surface area (Å²) in [5.41, 5.74) is 8.52. The fourth-order valence-electron chi connectivity index (χ4n) is 2.90. The van der Waals surface area contributed by atoms with Gasteiger partial charge in [-0.3, -0.25) is 4.79 Å². The molecule has 110 valence electrons. The molecule has 2 saturated carbocycles. The number of amides is 1. The summed E-state index contributed by atoms with van der Waals surface area (Å²) in [7, 11) is 1.65. The molecule has 20 heavy (non-hydrogen) atoms. The van der Waals surface area contributed by atoms with E-state index in [2.05, 4.69) is 17.6 Å². The number of nitrogens with one attached hydrogen (secondary N) is 2. The predicted molar refractivity (Wildman–Crippen MR) is 84.5 cm³/mol. The second-order valence-electron chi connectivity index (χ2n) is 6.46. The van der Waals surface area contributed by atoms with E-state index in [4.69, 9.17) is 5.73 Å². The van der Waals surface area contributed by atoms with Gasteiger partial charge in [-0.15, -0.1) is 11.3 Å². The van der Waals surface area contributed by atoms with Crippen LogP contribution < -0.4 is 16.4 Å². The zero-order valence-corrected chi connectivity index (χ0v) is 13.0. The van der Waals surface area contributed by atoms with Crippen molar-refractivity contribution in [3.63, 3.8) is 0 Å². The molecule has 3 rings (SSSR count). The van der Waals surface area contributed by atoms with Gasteiger partial charge in [0, 0.05) is 19.2 Å². The number of anilines is 2. The first-order valence-electron chi connectivity index (χ1n) is 7.42. The molecular weight excluding hydrogens is 270 g/mol. The predicted octanol–water partition coefficient (Wildman–Crippen LogP) is 3.17. The molecule has 0 aliphatic heterocycles. The largest absolute Gasteiger partial charge is 0.397 e. The molecule has 0 spiro atoms. The second kappa shape index (κ2) is 4.95. The standard InChI is InChI=1S/C15H23N3OS/c1-15(6-3-7-15)8-18-14-10(9-4-5-9)11(16)12(20-14)13(19)17-2/h9,18H,3-8,16H2,1-2H3,(H,17,19). The van der Waals surface area contributed by atoms with E-state index < -0.39 is 0 Å². The Labute approximate surface area is 124 Å². The Morgan fingerprint density at radius 3 is 2.65 bits per heavy atom. The van der Waals surface area contributed by atoms with Crippen molar-refractivity contribution in [1.82, 2.24) is 5.32 Å². The van der Waals surface area contributed by atoms with Crippen molar-refractivity contribution in [3.05, 3.63) is 10.4 Å². The van der Waals surface area contributed by atoms with Gasteiger partial charge >= 0.3 is 0 Å². The van der Waals surface area contributed by atoms with Crippen LogP contribution in [-0.2, 0) is 0 Å². The van der Waals surface area contributed by atoms with E-state index in [9.17, 15) is 4.79 Å². The first kappa shape index (κ1) is 13.7. The first-order valence-corrected chi connectivity index (χ1v) is 8.24. The van der Waals surface area contributed by atoms with Gasteiger partial charge in [-0.25, -0.2) is 0 Å². The van der Waals surface area contributed by atoms with E-state index in [1.54, 1.807) is 7.05 Å². The van der Waals surface area contributed by atoms with Crippen LogP contribution in [0.5, 0.6) is 0 Å². The van der Waals surface area contributed by atoms with Gasteiger partial charge in [0.25, 0.3) is 5.91 Å². The van der Waals surface area contributed by atoms with Gasteiger partial charge < -0.3 is 16.4 Å². The molecule has 1 aromatic rings. The Morgan fingerprint density at radius 2 is 2.15 bits per heavy atom. The molecule has 0 saturated heterocycles. The maximum absolute atomic E-state index is 11.9. The third kappa shape index (κ3) is 2.39. The Bertz CT molecular complexity index is 529. The van der Waals surface area contributed by atoms with Crippen LogP contribution in [0, 0.1) is 5.41 Å². The van der Waals surface area contributed by atoms with E-state index in [-0.39, 0.29) is 5.91 Å². The van der Waals surface area contributed by atoms with Crippen molar-refractivity contribution >= 4 is 27.9 Å². The maximum atomic E-state index is 11.9. The molecule has 1 aromatic heterocycles. The highest BCUT2D eigenvalue weighted by Crippen LogP contribution is 2.51. The fourth-order valence-corrected chi connectivity index (χ4v) is 4.05. The molecule has 0 radical (unpaired) electrons. The zero-order valence-electron chi connectivity index (χ0n) is 12.2. The highest BCUT2D eigenvalue weighted by molar-refractivity contribution is 7.18. The lowest BCUT2D eigenvalue weighted by atomic mass is 9.70. The molecule has 0 unspecified atom stereocenters. The molecule has 2 fully saturated rings. The number of rotatable bonds is 5. The summed E-state index contributed by atoms with van der Waals surface area (Å²) in [4.78, 5) is 12.6. The Kier molecular flexibility index (Phi) is 3.40. The van der Waals surface area contributed by atoms with Crippen LogP contribution >= 0.6 is 11.3 Å². The first-order chi connectivity index (χ1) is 9.54. The van der Waals surface area contributed by atoms with E-state index in [0.717, 1.165) is 11.5 Å². The maximum Gasteiger partial charge on any atom is 0.263 e. The van der Waals surface area contributed by atoms with Crippen molar-refractivity contribution in [3.8, 4) is 0 Å². The highest BCUT2D eigenvalue weighted by Gasteiger charge is 2.35. The summed E-state index contributed by atoms with van der Waals surface area (Å²) in [6, 6.07) is 0. The third-order valence-electron chi connectivity index (χ3n) is 4.64. The molecular formula is C15H23N3OS. The molecule has 5 heteroatoms. The minimum Gasteiger partial charge on any atom is -0.397 e. The number of thiophene rings is 1. The van der Waals surface area contributed by atoms with E-state index in [0.29, 0.717) is 21.9 Å². The van der Waals surface area contributed by atoms with Gasteiger partial charge in [0.15, 0.2) is 0 Å². The number of hydrogen-bond donors (Lipinski definition) is 3. The number of nitrogen functional groups attached to an aromatic ring is 1. The number of carbonyl (C=O) groups excluding carboxylic acids is 1. The molecule has 1 amide bonds. The minimum atomic E-state index is -0.0719. The third-order valence-corrected chi connectivity index (χ3v) is 5.82. The molecule has 2 aliphatic rings. The molecule has 1 heterocycles. The molecule has 4 nitrogen and oxygen atoms in total. The van der Waals surface area contributed by atoms with Crippen molar-refractivity contribution < 1.29 is 4.79 Å². The second-order valence-corrected chi connectivity index (χ2v) is 7.48. The molecule has 0 atom stereocenters. The van der Waals surface area contributed by atoms with Crippen molar-refractivity contribution in [2.45, 2.75) is 44.9 Å². The van der Waals surface area contributed by atoms with Gasteiger partial charge in [0.2, 0.25) is 0 Å². The summed E-state index contributed by atoms with van der Waals surface area (Å²) >= 11 is 1.51. The van der Waals surface area contributed by atoms with Gasteiger partial charge in [0.05, 0.1) is 10.7 Å². The Balaban J connectivity index is 1.82. The summed E-state index contributed by atoms with van der Waals surface area (Å²) in [5, 5.41) is 7.38. The number of carbonyl (C=O) groups is 1. The van der Waals surface area contributed by atoms with E-state index in [1.807, 2.05) is 0 Å². The van der Waals surface area contributed by atoms with Crippen molar-refractivity contribution in [1.29, 1.82) is 0 Å². The van der Waals surface area contributed by atoms with Gasteiger partial charge in [0.1, 0.15) is 4.88 Å². The SMILES string of the molecule is CNC(=O)c1sc(NCC2(C)CCC2)c(C2CC2)c1N. The Hall–Kier alpha value is -1.23. The van der Waals surface area contributed by atoms with Crippen molar-refractivity contribution in [2.75, 3.05) is 24.6 Å². The van der Waals surface area contributed by atoms with Crippen LogP contribution in [-0.4, -0.2) is 19.5 Å². The zero-order chi connectivity index (χ0) is 14.3. The molecule has 4 N–H and O–H groups in total. The lowest BCUT2D eigenvalue weighted by molar-refractivity contribution is 0.0968. The molecule has 2 aliphatic carbocycles. The normalized spacial score (nSPS) is 20.3. The highest BCUT2D eigenvalue weighted by atomic mass is 32.1. The molecule has 0 bridgehead atoms. The van der Waals surface area contributed by atoms with Crippen LogP contribution in [0.4, 0.5) is 10.7 Å². The summed E-state index contributed by atoms with van der Waals surface area (Å²) in [6.07, 6.45) is 6.31. The lowest BCUT2D eigenvalue weighted by Gasteiger charge is -2.38. The average Bonchev–Trinajstić information content (AvgIpc) is 3.18. The minimum absolute atomic E-state index is 0.0719. The van der Waals surface area contributed by atoms with Crippen LogP contribution in [0.15, 0.2) is 0 Å². The van der Waals surface area contributed by atoms with Gasteiger partial charge in [-0.1, -0.05) is 13.3 Å². The summed E-state index contributed by atoms with van der Waals surface area (Å²) in [5.74, 6) is 0.485. The van der Waals surface area contributed by atoms with Crippen LogP contribution in [0.2, 0.25) is 0 Å².